The number of anilines is 2. The van der Waals surface area contributed by atoms with Crippen LogP contribution >= 0.6 is 27.5 Å². The summed E-state index contributed by atoms with van der Waals surface area (Å²) >= 11 is 9.18. The summed E-state index contributed by atoms with van der Waals surface area (Å²) in [4.78, 5) is 46.9. The van der Waals surface area contributed by atoms with Gasteiger partial charge in [-0.05, 0) is 58.4 Å². The number of amides is 2. The molecule has 0 radical (unpaired) electrons. The Hall–Kier alpha value is -2.91. The van der Waals surface area contributed by atoms with Gasteiger partial charge in [-0.1, -0.05) is 11.6 Å². The fourth-order valence-electron chi connectivity index (χ4n) is 2.24. The zero-order chi connectivity index (χ0) is 22.1. The molecule has 0 bridgehead atoms. The van der Waals surface area contributed by atoms with E-state index in [1.807, 2.05) is 0 Å². The lowest BCUT2D eigenvalue weighted by atomic mass is 10.2. The van der Waals surface area contributed by atoms with Gasteiger partial charge >= 0.3 is 11.9 Å². The Morgan fingerprint density at radius 1 is 0.933 bits per heavy atom. The smallest absolute Gasteiger partial charge is 0.337 e. The van der Waals surface area contributed by atoms with Crippen LogP contribution in [0, 0.1) is 0 Å². The summed E-state index contributed by atoms with van der Waals surface area (Å²) in [6.45, 7) is -0.483. The SMILES string of the molecule is COC(=O)c1ccc(NC(=O)CCC(=O)OCC(=O)Nc2ccc(Br)c(Cl)c2)cc1. The third-order valence-electron chi connectivity index (χ3n) is 3.71. The van der Waals surface area contributed by atoms with Crippen LogP contribution in [0.3, 0.4) is 0 Å². The molecule has 158 valence electrons. The number of nitrogens with one attached hydrogen (secondary N) is 2. The van der Waals surface area contributed by atoms with Gasteiger partial charge in [0.25, 0.3) is 5.91 Å². The molecule has 0 aliphatic carbocycles. The molecule has 0 aliphatic rings. The standard InChI is InChI=1S/C20H18BrClN2O6/c1-29-20(28)12-2-4-13(5-3-12)23-17(25)8-9-19(27)30-11-18(26)24-14-6-7-15(21)16(22)10-14/h2-7,10H,8-9,11H2,1H3,(H,23,25)(H,24,26). The molecule has 2 rings (SSSR count). The summed E-state index contributed by atoms with van der Waals surface area (Å²) in [5.74, 6) is -2.11. The molecule has 2 aromatic carbocycles. The van der Waals surface area contributed by atoms with Gasteiger partial charge in [-0.15, -0.1) is 0 Å². The largest absolute Gasteiger partial charge is 0.465 e. The van der Waals surface area contributed by atoms with Gasteiger partial charge in [0.15, 0.2) is 6.61 Å². The Kier molecular flexibility index (Phi) is 8.82. The monoisotopic (exact) mass is 496 g/mol. The molecule has 10 heteroatoms. The summed E-state index contributed by atoms with van der Waals surface area (Å²) in [5, 5.41) is 5.57. The number of rotatable bonds is 8. The van der Waals surface area contributed by atoms with Gasteiger partial charge in [0.05, 0.1) is 24.1 Å². The van der Waals surface area contributed by atoms with Crippen LogP contribution in [0.1, 0.15) is 23.2 Å². The zero-order valence-electron chi connectivity index (χ0n) is 15.9. The molecular weight excluding hydrogens is 480 g/mol. The predicted molar refractivity (Wildman–Crippen MR) is 114 cm³/mol. The lowest BCUT2D eigenvalue weighted by Crippen LogP contribution is -2.21. The van der Waals surface area contributed by atoms with E-state index in [4.69, 9.17) is 16.3 Å². The molecule has 0 fully saturated rings. The maximum atomic E-state index is 11.9. The average molecular weight is 498 g/mol. The van der Waals surface area contributed by atoms with E-state index in [2.05, 4.69) is 31.3 Å². The number of halogens is 2. The normalized spacial score (nSPS) is 10.1. The summed E-state index contributed by atoms with van der Waals surface area (Å²) in [7, 11) is 1.27. The average Bonchev–Trinajstić information content (AvgIpc) is 2.73. The van der Waals surface area contributed by atoms with E-state index in [1.165, 1.54) is 19.2 Å². The van der Waals surface area contributed by atoms with E-state index in [1.54, 1.807) is 30.3 Å². The second-order valence-electron chi connectivity index (χ2n) is 5.95. The number of hydrogen-bond acceptors (Lipinski definition) is 6. The van der Waals surface area contributed by atoms with Crippen LogP contribution in [0.4, 0.5) is 11.4 Å². The Balaban J connectivity index is 1.70. The molecule has 2 aromatic rings. The van der Waals surface area contributed by atoms with Gasteiger partial charge in [0.1, 0.15) is 0 Å². The Morgan fingerprint density at radius 2 is 1.57 bits per heavy atom. The first-order chi connectivity index (χ1) is 14.3. The first kappa shape index (κ1) is 23.4. The van der Waals surface area contributed by atoms with Crippen molar-refractivity contribution in [3.63, 3.8) is 0 Å². The van der Waals surface area contributed by atoms with Gasteiger partial charge in [0.2, 0.25) is 5.91 Å². The second-order valence-corrected chi connectivity index (χ2v) is 7.22. The predicted octanol–water partition coefficient (Wildman–Crippen LogP) is 3.79. The molecule has 0 unspecified atom stereocenters. The minimum Gasteiger partial charge on any atom is -0.465 e. The topological polar surface area (TPSA) is 111 Å². The van der Waals surface area contributed by atoms with Gasteiger partial charge in [-0.25, -0.2) is 4.79 Å². The van der Waals surface area contributed by atoms with Crippen molar-refractivity contribution in [3.8, 4) is 0 Å². The number of carbonyl (C=O) groups excluding carboxylic acids is 4. The van der Waals surface area contributed by atoms with Gasteiger partial charge in [0, 0.05) is 22.3 Å². The highest BCUT2D eigenvalue weighted by Crippen LogP contribution is 2.25. The molecule has 30 heavy (non-hydrogen) atoms. The summed E-state index contributed by atoms with van der Waals surface area (Å²) in [6, 6.07) is 11.0. The molecule has 0 spiro atoms. The van der Waals surface area contributed by atoms with Crippen molar-refractivity contribution in [2.24, 2.45) is 0 Å². The second kappa shape index (κ2) is 11.3. The van der Waals surface area contributed by atoms with Gasteiger partial charge in [-0.2, -0.15) is 0 Å². The van der Waals surface area contributed by atoms with Gasteiger partial charge < -0.3 is 20.1 Å². The molecule has 0 atom stereocenters. The molecule has 0 saturated heterocycles. The molecule has 2 amide bonds. The summed E-state index contributed by atoms with van der Waals surface area (Å²) < 4.78 is 10.1. The highest BCUT2D eigenvalue weighted by molar-refractivity contribution is 9.10. The van der Waals surface area contributed by atoms with Crippen molar-refractivity contribution in [3.05, 3.63) is 57.5 Å². The number of ether oxygens (including phenoxy) is 2. The van der Waals surface area contributed by atoms with Crippen LogP contribution < -0.4 is 10.6 Å². The van der Waals surface area contributed by atoms with Crippen molar-refractivity contribution in [1.29, 1.82) is 0 Å². The van der Waals surface area contributed by atoms with Crippen LogP contribution in [0.15, 0.2) is 46.9 Å². The van der Waals surface area contributed by atoms with Crippen molar-refractivity contribution in [2.75, 3.05) is 24.4 Å². The van der Waals surface area contributed by atoms with Crippen LogP contribution in [0.25, 0.3) is 0 Å². The fourth-order valence-corrected chi connectivity index (χ4v) is 2.66. The van der Waals surface area contributed by atoms with E-state index in [0.29, 0.717) is 26.4 Å². The molecular formula is C20H18BrClN2O6. The molecule has 0 aromatic heterocycles. The van der Waals surface area contributed by atoms with Crippen molar-refractivity contribution >= 4 is 62.7 Å². The maximum Gasteiger partial charge on any atom is 0.337 e. The highest BCUT2D eigenvalue weighted by atomic mass is 79.9. The summed E-state index contributed by atoms with van der Waals surface area (Å²) in [5.41, 5.74) is 1.28. The highest BCUT2D eigenvalue weighted by Gasteiger charge is 2.12. The van der Waals surface area contributed by atoms with Crippen molar-refractivity contribution in [2.45, 2.75) is 12.8 Å². The Morgan fingerprint density at radius 3 is 2.20 bits per heavy atom. The zero-order valence-corrected chi connectivity index (χ0v) is 18.2. The lowest BCUT2D eigenvalue weighted by Gasteiger charge is -2.08. The van der Waals surface area contributed by atoms with Gasteiger partial charge in [-0.3, -0.25) is 14.4 Å². The Labute approximate surface area is 186 Å². The quantitative estimate of drug-likeness (QED) is 0.537. The summed E-state index contributed by atoms with van der Waals surface area (Å²) in [6.07, 6.45) is -0.314. The number of hydrogen-bond donors (Lipinski definition) is 2. The number of carbonyl (C=O) groups is 4. The Bertz CT molecular complexity index is 949. The van der Waals surface area contributed by atoms with E-state index < -0.39 is 30.4 Å². The van der Waals surface area contributed by atoms with E-state index in [-0.39, 0.29) is 12.8 Å². The first-order valence-electron chi connectivity index (χ1n) is 8.67. The van der Waals surface area contributed by atoms with E-state index in [0.717, 1.165) is 0 Å². The van der Waals surface area contributed by atoms with Crippen molar-refractivity contribution in [1.82, 2.24) is 0 Å². The van der Waals surface area contributed by atoms with Crippen LogP contribution in [-0.2, 0) is 23.9 Å². The number of esters is 2. The van der Waals surface area contributed by atoms with Crippen molar-refractivity contribution < 1.29 is 28.7 Å². The number of methoxy groups -OCH3 is 1. The van der Waals surface area contributed by atoms with Crippen LogP contribution in [0.5, 0.6) is 0 Å². The van der Waals surface area contributed by atoms with E-state index >= 15 is 0 Å². The number of benzene rings is 2. The van der Waals surface area contributed by atoms with E-state index in [9.17, 15) is 19.2 Å². The third kappa shape index (κ3) is 7.49. The minimum atomic E-state index is -0.685. The maximum absolute atomic E-state index is 11.9. The first-order valence-corrected chi connectivity index (χ1v) is 9.84. The molecule has 2 N–H and O–H groups in total. The fraction of sp³-hybridized carbons (Fsp3) is 0.200. The lowest BCUT2D eigenvalue weighted by molar-refractivity contribution is -0.147. The molecule has 0 aliphatic heterocycles. The van der Waals surface area contributed by atoms with Crippen LogP contribution in [0.2, 0.25) is 5.02 Å². The van der Waals surface area contributed by atoms with Crippen LogP contribution in [-0.4, -0.2) is 37.5 Å². The minimum absolute atomic E-state index is 0.123. The molecule has 0 saturated carbocycles. The molecule has 0 heterocycles. The third-order valence-corrected chi connectivity index (χ3v) is 4.95. The molecule has 8 nitrogen and oxygen atoms in total.